The van der Waals surface area contributed by atoms with Gasteiger partial charge in [-0.1, -0.05) is 109 Å². The van der Waals surface area contributed by atoms with Crippen molar-refractivity contribution < 1.29 is 4.42 Å². The van der Waals surface area contributed by atoms with E-state index in [1.54, 1.807) is 0 Å². The molecule has 2 heterocycles. The molecule has 0 spiro atoms. The molecule has 0 unspecified atom stereocenters. The molecular formula is C48H32N2OS. The molecule has 0 saturated carbocycles. The number of anilines is 6. The molecule has 10 aromatic rings. The Labute approximate surface area is 305 Å². The molecule has 0 aliphatic heterocycles. The van der Waals surface area contributed by atoms with Crippen LogP contribution in [0.2, 0.25) is 0 Å². The Hall–Kier alpha value is -6.62. The largest absolute Gasteiger partial charge is 0.454 e. The molecule has 52 heavy (non-hydrogen) atoms. The minimum atomic E-state index is 0.844. The Morgan fingerprint density at radius 2 is 0.923 bits per heavy atom. The van der Waals surface area contributed by atoms with Crippen molar-refractivity contribution in [2.75, 3.05) is 9.80 Å². The summed E-state index contributed by atoms with van der Waals surface area (Å²) in [5.41, 5.74) is 10.4. The summed E-state index contributed by atoms with van der Waals surface area (Å²) in [5, 5.41) is 4.71. The van der Waals surface area contributed by atoms with E-state index < -0.39 is 0 Å². The van der Waals surface area contributed by atoms with Gasteiger partial charge in [-0.3, -0.25) is 0 Å². The van der Waals surface area contributed by atoms with Gasteiger partial charge >= 0.3 is 0 Å². The van der Waals surface area contributed by atoms with E-state index in [4.69, 9.17) is 4.42 Å². The van der Waals surface area contributed by atoms with Gasteiger partial charge in [-0.2, -0.15) is 0 Å². The maximum Gasteiger partial charge on any atom is 0.160 e. The van der Waals surface area contributed by atoms with E-state index in [0.717, 1.165) is 67.2 Å². The summed E-state index contributed by atoms with van der Waals surface area (Å²) < 4.78 is 9.54. The molecular weight excluding hydrogens is 653 g/mol. The standard InChI is InChI=1S/C48H32N2OS/c1-5-15-33(16-6-1)39-27-28-43(50(35-19-9-3-10-20-35)36-21-11-4-12-22-36)48-47(39)42-32-37(25-29-44(42)51-48)49(34-17-7-2-8-18-34)38-26-30-46-41(31-38)40-23-13-14-24-45(40)52-46/h1-32H. The van der Waals surface area contributed by atoms with Crippen molar-refractivity contribution in [3.8, 4) is 11.1 Å². The molecule has 0 fully saturated rings. The van der Waals surface area contributed by atoms with Crippen molar-refractivity contribution in [3.63, 3.8) is 0 Å². The molecule has 10 rings (SSSR count). The van der Waals surface area contributed by atoms with Crippen LogP contribution in [0.4, 0.5) is 34.1 Å². The smallest absolute Gasteiger partial charge is 0.160 e. The van der Waals surface area contributed by atoms with E-state index in [-0.39, 0.29) is 0 Å². The molecule has 3 nitrogen and oxygen atoms in total. The highest BCUT2D eigenvalue weighted by atomic mass is 32.1. The molecule has 0 amide bonds. The first kappa shape index (κ1) is 30.2. The monoisotopic (exact) mass is 684 g/mol. The third-order valence-corrected chi connectivity index (χ3v) is 11.0. The van der Waals surface area contributed by atoms with Gasteiger partial charge in [0.15, 0.2) is 5.58 Å². The predicted octanol–water partition coefficient (Wildman–Crippen LogP) is 14.6. The molecule has 2 aromatic heterocycles. The minimum Gasteiger partial charge on any atom is -0.454 e. The lowest BCUT2D eigenvalue weighted by molar-refractivity contribution is 0.669. The summed E-state index contributed by atoms with van der Waals surface area (Å²) in [6.45, 7) is 0. The van der Waals surface area contributed by atoms with Crippen molar-refractivity contribution in [2.45, 2.75) is 0 Å². The van der Waals surface area contributed by atoms with Crippen LogP contribution >= 0.6 is 11.3 Å². The van der Waals surface area contributed by atoms with E-state index in [2.05, 4.69) is 204 Å². The van der Waals surface area contributed by atoms with Crippen molar-refractivity contribution >= 4 is 87.6 Å². The zero-order chi connectivity index (χ0) is 34.4. The molecule has 0 aliphatic rings. The molecule has 246 valence electrons. The Balaban J connectivity index is 1.23. The summed E-state index contributed by atoms with van der Waals surface area (Å²) in [7, 11) is 0. The molecule has 0 atom stereocenters. The lowest BCUT2D eigenvalue weighted by Gasteiger charge is -2.26. The fourth-order valence-corrected chi connectivity index (χ4v) is 8.57. The third kappa shape index (κ3) is 5.12. The first-order chi connectivity index (χ1) is 25.8. The normalized spacial score (nSPS) is 11.5. The van der Waals surface area contributed by atoms with E-state index >= 15 is 0 Å². The SMILES string of the molecule is c1ccc(-c2ccc(N(c3ccccc3)c3ccccc3)c3oc4ccc(N(c5ccccc5)c5ccc6sc7ccccc7c6c5)cc4c23)cc1. The number of rotatable bonds is 7. The molecule has 0 saturated heterocycles. The van der Waals surface area contributed by atoms with Crippen LogP contribution in [0.15, 0.2) is 199 Å². The quantitative estimate of drug-likeness (QED) is 0.167. The van der Waals surface area contributed by atoms with E-state index in [1.807, 2.05) is 11.3 Å². The summed E-state index contributed by atoms with van der Waals surface area (Å²) in [6, 6.07) is 68.9. The molecule has 0 aliphatic carbocycles. The minimum absolute atomic E-state index is 0.844. The van der Waals surface area contributed by atoms with Gasteiger partial charge in [0.25, 0.3) is 0 Å². The number of furan rings is 1. The highest BCUT2D eigenvalue weighted by molar-refractivity contribution is 7.25. The zero-order valence-corrected chi connectivity index (χ0v) is 29.0. The Kier molecular flexibility index (Phi) is 7.33. The van der Waals surface area contributed by atoms with Gasteiger partial charge in [0.1, 0.15) is 5.58 Å². The first-order valence-electron chi connectivity index (χ1n) is 17.5. The lowest BCUT2D eigenvalue weighted by atomic mass is 9.97. The van der Waals surface area contributed by atoms with Crippen molar-refractivity contribution in [2.24, 2.45) is 0 Å². The van der Waals surface area contributed by atoms with Crippen LogP contribution in [0.1, 0.15) is 0 Å². The fourth-order valence-electron chi connectivity index (χ4n) is 7.49. The van der Waals surface area contributed by atoms with Crippen LogP contribution in [0.5, 0.6) is 0 Å². The van der Waals surface area contributed by atoms with Gasteiger partial charge in [-0.25, -0.2) is 0 Å². The van der Waals surface area contributed by atoms with Crippen molar-refractivity contribution in [1.82, 2.24) is 0 Å². The van der Waals surface area contributed by atoms with Crippen molar-refractivity contribution in [3.05, 3.63) is 194 Å². The van der Waals surface area contributed by atoms with Crippen LogP contribution in [-0.4, -0.2) is 0 Å². The van der Waals surface area contributed by atoms with Gasteiger partial charge in [-0.05, 0) is 96.1 Å². The molecule has 0 N–H and O–H groups in total. The summed E-state index contributed by atoms with van der Waals surface area (Å²) in [6.07, 6.45) is 0. The van der Waals surface area contributed by atoms with Gasteiger partial charge in [0.2, 0.25) is 0 Å². The Morgan fingerprint density at radius 1 is 0.385 bits per heavy atom. The average molecular weight is 685 g/mol. The van der Waals surface area contributed by atoms with Crippen LogP contribution in [0.25, 0.3) is 53.2 Å². The molecule has 0 radical (unpaired) electrons. The van der Waals surface area contributed by atoms with Crippen LogP contribution < -0.4 is 9.80 Å². The fraction of sp³-hybridized carbons (Fsp3) is 0. The zero-order valence-electron chi connectivity index (χ0n) is 28.2. The van der Waals surface area contributed by atoms with Gasteiger partial charge < -0.3 is 14.2 Å². The van der Waals surface area contributed by atoms with Crippen LogP contribution in [0.3, 0.4) is 0 Å². The van der Waals surface area contributed by atoms with Crippen LogP contribution in [-0.2, 0) is 0 Å². The summed E-state index contributed by atoms with van der Waals surface area (Å²) in [5.74, 6) is 0. The lowest BCUT2D eigenvalue weighted by Crippen LogP contribution is -2.10. The highest BCUT2D eigenvalue weighted by Gasteiger charge is 2.23. The average Bonchev–Trinajstić information content (AvgIpc) is 3.78. The number of para-hydroxylation sites is 3. The maximum atomic E-state index is 6.95. The summed E-state index contributed by atoms with van der Waals surface area (Å²) in [4.78, 5) is 4.65. The van der Waals surface area contributed by atoms with Crippen molar-refractivity contribution in [1.29, 1.82) is 0 Å². The summed E-state index contributed by atoms with van der Waals surface area (Å²) >= 11 is 1.84. The number of thiophene rings is 1. The molecule has 8 aromatic carbocycles. The molecule has 0 bridgehead atoms. The highest BCUT2D eigenvalue weighted by Crippen LogP contribution is 2.48. The number of hydrogen-bond donors (Lipinski definition) is 0. The third-order valence-electron chi connectivity index (χ3n) is 9.83. The predicted molar refractivity (Wildman–Crippen MR) is 221 cm³/mol. The second-order valence-electron chi connectivity index (χ2n) is 12.9. The number of fused-ring (bicyclic) bond motifs is 6. The Morgan fingerprint density at radius 3 is 1.60 bits per heavy atom. The molecule has 4 heteroatoms. The van der Waals surface area contributed by atoms with E-state index in [9.17, 15) is 0 Å². The second-order valence-corrected chi connectivity index (χ2v) is 14.0. The number of nitrogens with zero attached hydrogens (tertiary/aromatic N) is 2. The number of benzene rings is 8. The second kappa shape index (κ2) is 12.6. The first-order valence-corrected chi connectivity index (χ1v) is 18.3. The topological polar surface area (TPSA) is 19.6 Å². The van der Waals surface area contributed by atoms with Gasteiger partial charge in [0, 0.05) is 59.4 Å². The van der Waals surface area contributed by atoms with E-state index in [0.29, 0.717) is 0 Å². The maximum absolute atomic E-state index is 6.95. The van der Waals surface area contributed by atoms with Gasteiger partial charge in [0.05, 0.1) is 5.69 Å². The van der Waals surface area contributed by atoms with E-state index in [1.165, 1.54) is 20.2 Å². The number of hydrogen-bond acceptors (Lipinski definition) is 4. The van der Waals surface area contributed by atoms with Gasteiger partial charge in [-0.15, -0.1) is 11.3 Å². The Bertz CT molecular complexity index is 2810. The van der Waals surface area contributed by atoms with Crippen LogP contribution in [0, 0.1) is 0 Å².